The molecule has 0 atom stereocenters. The summed E-state index contributed by atoms with van der Waals surface area (Å²) in [6, 6.07) is 4.87. The molecule has 0 saturated heterocycles. The van der Waals surface area contributed by atoms with E-state index in [0.29, 0.717) is 28.8 Å². The van der Waals surface area contributed by atoms with Crippen LogP contribution in [0.4, 0.5) is 11.4 Å². The molecule has 4 rings (SSSR count). The van der Waals surface area contributed by atoms with Crippen molar-refractivity contribution in [3.8, 4) is 5.75 Å². The highest BCUT2D eigenvalue weighted by atomic mass is 32.2. The maximum atomic E-state index is 12.4. The van der Waals surface area contributed by atoms with Gasteiger partial charge in [0.25, 0.3) is 17.4 Å². The van der Waals surface area contributed by atoms with E-state index in [1.54, 1.807) is 18.2 Å². The van der Waals surface area contributed by atoms with E-state index in [1.165, 1.54) is 22.5 Å². The Balaban J connectivity index is 1.60. The molecule has 24 heavy (non-hydrogen) atoms. The topological polar surface area (TPSA) is 102 Å². The quantitative estimate of drug-likeness (QED) is 0.786. The molecule has 2 aliphatic rings. The second-order valence-corrected chi connectivity index (χ2v) is 6.32. The van der Waals surface area contributed by atoms with Crippen LogP contribution in [-0.2, 0) is 11.3 Å². The van der Waals surface area contributed by atoms with E-state index in [1.807, 2.05) is 0 Å². The highest BCUT2D eigenvalue weighted by Gasteiger charge is 2.21. The van der Waals surface area contributed by atoms with Crippen LogP contribution in [0.5, 0.6) is 5.75 Å². The van der Waals surface area contributed by atoms with Gasteiger partial charge in [0, 0.05) is 24.2 Å². The molecular weight excluding hydrogens is 332 g/mol. The van der Waals surface area contributed by atoms with Crippen molar-refractivity contribution in [2.75, 3.05) is 23.0 Å². The zero-order valence-corrected chi connectivity index (χ0v) is 13.2. The van der Waals surface area contributed by atoms with Gasteiger partial charge in [-0.3, -0.25) is 19.0 Å². The van der Waals surface area contributed by atoms with Gasteiger partial charge in [0.1, 0.15) is 11.3 Å². The van der Waals surface area contributed by atoms with Crippen molar-refractivity contribution in [2.24, 2.45) is 0 Å². The zero-order chi connectivity index (χ0) is 16.7. The predicted molar refractivity (Wildman–Crippen MR) is 87.7 cm³/mol. The van der Waals surface area contributed by atoms with Gasteiger partial charge in [-0.2, -0.15) is 0 Å². The molecule has 0 aliphatic carbocycles. The molecule has 2 N–H and O–H groups in total. The van der Waals surface area contributed by atoms with Crippen molar-refractivity contribution in [1.29, 1.82) is 0 Å². The van der Waals surface area contributed by atoms with Gasteiger partial charge < -0.3 is 15.4 Å². The summed E-state index contributed by atoms with van der Waals surface area (Å²) >= 11 is 1.49. The number of fused-ring (bicyclic) bond motifs is 2. The van der Waals surface area contributed by atoms with Crippen LogP contribution < -0.4 is 20.9 Å². The van der Waals surface area contributed by atoms with E-state index in [9.17, 15) is 14.4 Å². The Morgan fingerprint density at radius 2 is 2.25 bits per heavy atom. The van der Waals surface area contributed by atoms with E-state index in [4.69, 9.17) is 4.74 Å². The zero-order valence-electron chi connectivity index (χ0n) is 12.4. The Hall–Kier alpha value is -2.81. The number of benzene rings is 1. The van der Waals surface area contributed by atoms with Gasteiger partial charge in [0.2, 0.25) is 0 Å². The van der Waals surface area contributed by atoms with E-state index < -0.39 is 5.91 Å². The summed E-state index contributed by atoms with van der Waals surface area (Å²) in [6.07, 6.45) is 1.30. The molecule has 2 aromatic rings. The number of amides is 2. The molecular formula is C15H12N4O4S. The average molecular weight is 344 g/mol. The molecule has 1 aromatic carbocycles. The standard InChI is InChI=1S/C15H12N4O4S/c20-12-7-23-11-2-1-8(5-10(11)18-12)17-13(21)9-6-16-15-19(14(9)22)3-4-24-15/h1-2,5-6H,3-4,7H2,(H,17,21)(H,18,20). The fourth-order valence-electron chi connectivity index (χ4n) is 2.53. The van der Waals surface area contributed by atoms with Crippen LogP contribution in [0.25, 0.3) is 0 Å². The Bertz CT molecular complexity index is 924. The summed E-state index contributed by atoms with van der Waals surface area (Å²) in [7, 11) is 0. The van der Waals surface area contributed by atoms with Crippen LogP contribution in [-0.4, -0.2) is 33.7 Å². The largest absolute Gasteiger partial charge is 0.482 e. The van der Waals surface area contributed by atoms with Crippen LogP contribution in [0.15, 0.2) is 34.3 Å². The molecule has 0 saturated carbocycles. The number of hydrogen-bond donors (Lipinski definition) is 2. The second kappa shape index (κ2) is 5.68. The highest BCUT2D eigenvalue weighted by molar-refractivity contribution is 7.99. The molecule has 0 fully saturated rings. The molecule has 0 bridgehead atoms. The maximum Gasteiger partial charge on any atom is 0.267 e. The van der Waals surface area contributed by atoms with Gasteiger partial charge in [-0.25, -0.2) is 4.98 Å². The van der Waals surface area contributed by atoms with Gasteiger partial charge in [0.15, 0.2) is 11.8 Å². The maximum absolute atomic E-state index is 12.4. The van der Waals surface area contributed by atoms with Crippen LogP contribution >= 0.6 is 11.8 Å². The van der Waals surface area contributed by atoms with Crippen molar-refractivity contribution >= 4 is 35.0 Å². The van der Waals surface area contributed by atoms with Crippen LogP contribution in [0.1, 0.15) is 10.4 Å². The Labute approximate surface area is 140 Å². The first-order valence-corrected chi connectivity index (χ1v) is 8.21. The van der Waals surface area contributed by atoms with Crippen molar-refractivity contribution in [3.63, 3.8) is 0 Å². The number of rotatable bonds is 2. The van der Waals surface area contributed by atoms with Crippen LogP contribution in [0, 0.1) is 0 Å². The molecule has 3 heterocycles. The van der Waals surface area contributed by atoms with Gasteiger partial charge in [-0.15, -0.1) is 0 Å². The predicted octanol–water partition coefficient (Wildman–Crippen LogP) is 0.932. The third-order valence-electron chi connectivity index (χ3n) is 3.67. The van der Waals surface area contributed by atoms with E-state index >= 15 is 0 Å². The van der Waals surface area contributed by atoms with E-state index in [0.717, 1.165) is 5.75 Å². The molecule has 0 unspecified atom stereocenters. The lowest BCUT2D eigenvalue weighted by Crippen LogP contribution is -2.29. The summed E-state index contributed by atoms with van der Waals surface area (Å²) in [4.78, 5) is 40.2. The molecule has 8 nitrogen and oxygen atoms in total. The molecule has 2 amide bonds. The summed E-state index contributed by atoms with van der Waals surface area (Å²) in [5.41, 5.74) is 0.560. The van der Waals surface area contributed by atoms with Gasteiger partial charge in [-0.05, 0) is 18.2 Å². The first-order chi connectivity index (χ1) is 11.6. The number of ether oxygens (including phenoxy) is 1. The van der Waals surface area contributed by atoms with Crippen LogP contribution in [0.3, 0.4) is 0 Å². The lowest BCUT2D eigenvalue weighted by atomic mass is 10.2. The summed E-state index contributed by atoms with van der Waals surface area (Å²) in [5, 5.41) is 5.94. The Morgan fingerprint density at radius 1 is 1.38 bits per heavy atom. The summed E-state index contributed by atoms with van der Waals surface area (Å²) in [6.45, 7) is 0.517. The second-order valence-electron chi connectivity index (χ2n) is 5.26. The minimum atomic E-state index is -0.539. The Kier molecular flexibility index (Phi) is 3.49. The Morgan fingerprint density at radius 3 is 3.12 bits per heavy atom. The number of thioether (sulfide) groups is 1. The molecule has 9 heteroatoms. The normalized spacial score (nSPS) is 15.1. The molecule has 1 aromatic heterocycles. The summed E-state index contributed by atoms with van der Waals surface area (Å²) in [5.74, 6) is 0.508. The fourth-order valence-corrected chi connectivity index (χ4v) is 3.45. The number of anilines is 2. The van der Waals surface area contributed by atoms with Crippen molar-refractivity contribution in [1.82, 2.24) is 9.55 Å². The number of hydrogen-bond acceptors (Lipinski definition) is 6. The number of carbonyl (C=O) groups excluding carboxylic acids is 2. The first kappa shape index (κ1) is 14.8. The number of nitrogens with zero attached hydrogens (tertiary/aromatic N) is 2. The average Bonchev–Trinajstić information content (AvgIpc) is 3.04. The van der Waals surface area contributed by atoms with E-state index in [-0.39, 0.29) is 23.6 Å². The van der Waals surface area contributed by atoms with Crippen LogP contribution in [0.2, 0.25) is 0 Å². The first-order valence-electron chi connectivity index (χ1n) is 7.22. The summed E-state index contributed by atoms with van der Waals surface area (Å²) < 4.78 is 6.76. The monoisotopic (exact) mass is 344 g/mol. The molecule has 2 aliphatic heterocycles. The van der Waals surface area contributed by atoms with Gasteiger partial charge in [0.05, 0.1) is 5.69 Å². The third-order valence-corrected chi connectivity index (χ3v) is 4.64. The van der Waals surface area contributed by atoms with Gasteiger partial charge in [-0.1, -0.05) is 11.8 Å². The fraction of sp³-hybridized carbons (Fsp3) is 0.200. The lowest BCUT2D eigenvalue weighted by molar-refractivity contribution is -0.118. The number of carbonyl (C=O) groups is 2. The molecule has 0 spiro atoms. The minimum Gasteiger partial charge on any atom is -0.482 e. The third kappa shape index (κ3) is 2.52. The van der Waals surface area contributed by atoms with Crippen molar-refractivity contribution < 1.29 is 14.3 Å². The smallest absolute Gasteiger partial charge is 0.267 e. The number of aromatic nitrogens is 2. The van der Waals surface area contributed by atoms with Gasteiger partial charge >= 0.3 is 0 Å². The number of nitrogens with one attached hydrogen (secondary N) is 2. The van der Waals surface area contributed by atoms with Crippen molar-refractivity contribution in [2.45, 2.75) is 11.7 Å². The molecule has 0 radical (unpaired) electrons. The van der Waals surface area contributed by atoms with Crippen molar-refractivity contribution in [3.05, 3.63) is 40.3 Å². The van der Waals surface area contributed by atoms with E-state index in [2.05, 4.69) is 15.6 Å². The minimum absolute atomic E-state index is 0.0146. The lowest BCUT2D eigenvalue weighted by Gasteiger charge is -2.18. The SMILES string of the molecule is O=C1COc2ccc(NC(=O)c3cnc4n(c3=O)CCS4)cc2N1. The molecule has 122 valence electrons. The highest BCUT2D eigenvalue weighted by Crippen LogP contribution is 2.30.